The van der Waals surface area contributed by atoms with Gasteiger partial charge in [0.15, 0.2) is 0 Å². The van der Waals surface area contributed by atoms with Gasteiger partial charge in [0.2, 0.25) is 5.91 Å². The molecule has 3 aromatic rings. The number of imidazole rings is 1. The minimum atomic E-state index is -0.722. The lowest BCUT2D eigenvalue weighted by Gasteiger charge is -2.24. The van der Waals surface area contributed by atoms with Crippen LogP contribution >= 0.6 is 0 Å². The maximum Gasteiger partial charge on any atom is 0.253 e. The molecule has 0 aliphatic carbocycles. The molecule has 0 unspecified atom stereocenters. The Kier molecular flexibility index (Phi) is 7.26. The molecule has 1 aromatic heterocycles. The third-order valence-corrected chi connectivity index (χ3v) is 5.79. The van der Waals surface area contributed by atoms with Crippen LogP contribution in [0.25, 0.3) is 0 Å². The lowest BCUT2D eigenvalue weighted by molar-refractivity contribution is -0.120. The van der Waals surface area contributed by atoms with Crippen molar-refractivity contribution in [3.05, 3.63) is 83.9 Å². The van der Waals surface area contributed by atoms with Crippen LogP contribution in [0.3, 0.4) is 0 Å². The molecule has 0 saturated carbocycles. The van der Waals surface area contributed by atoms with Crippen LogP contribution in [-0.4, -0.2) is 51.6 Å². The number of benzene rings is 2. The van der Waals surface area contributed by atoms with Gasteiger partial charge in [-0.15, -0.1) is 0 Å². The highest BCUT2D eigenvalue weighted by Gasteiger charge is 2.31. The van der Waals surface area contributed by atoms with Gasteiger partial charge in [0.1, 0.15) is 6.29 Å². The smallest absolute Gasteiger partial charge is 0.253 e. The first kappa shape index (κ1) is 22.4. The molecule has 8 nitrogen and oxygen atoms in total. The van der Waals surface area contributed by atoms with E-state index in [1.165, 1.54) is 6.33 Å². The average Bonchev–Trinajstić information content (AvgIpc) is 3.52. The highest BCUT2D eigenvalue weighted by Crippen LogP contribution is 2.23. The van der Waals surface area contributed by atoms with E-state index in [0.717, 1.165) is 24.9 Å². The van der Waals surface area contributed by atoms with Crippen molar-refractivity contribution in [1.29, 1.82) is 0 Å². The van der Waals surface area contributed by atoms with Gasteiger partial charge in [0, 0.05) is 19.2 Å². The van der Waals surface area contributed by atoms with Crippen molar-refractivity contribution in [3.63, 3.8) is 0 Å². The molecular formula is C25H27N5O3. The van der Waals surface area contributed by atoms with E-state index in [9.17, 15) is 14.4 Å². The Morgan fingerprint density at radius 3 is 2.70 bits per heavy atom. The molecule has 4 rings (SSSR count). The highest BCUT2D eigenvalue weighted by molar-refractivity contribution is 6.05. The Bertz CT molecular complexity index is 1080. The van der Waals surface area contributed by atoms with Crippen LogP contribution in [-0.2, 0) is 22.6 Å². The molecule has 8 heteroatoms. The van der Waals surface area contributed by atoms with Crippen LogP contribution < -0.4 is 10.6 Å². The normalized spacial score (nSPS) is 16.8. The lowest BCUT2D eigenvalue weighted by atomic mass is 10.1. The van der Waals surface area contributed by atoms with E-state index in [0.29, 0.717) is 29.8 Å². The fourth-order valence-electron chi connectivity index (χ4n) is 4.14. The number of nitrogens with zero attached hydrogens (tertiary/aromatic N) is 2. The second-order valence-corrected chi connectivity index (χ2v) is 8.13. The zero-order chi connectivity index (χ0) is 23.0. The largest absolute Gasteiger partial charge is 0.351 e. The summed E-state index contributed by atoms with van der Waals surface area (Å²) in [6.07, 6.45) is 5.89. The van der Waals surface area contributed by atoms with Gasteiger partial charge in [-0.25, -0.2) is 4.98 Å². The molecule has 1 saturated heterocycles. The average molecular weight is 446 g/mol. The van der Waals surface area contributed by atoms with Gasteiger partial charge in [-0.1, -0.05) is 42.5 Å². The predicted molar refractivity (Wildman–Crippen MR) is 125 cm³/mol. The summed E-state index contributed by atoms with van der Waals surface area (Å²) in [5, 5.41) is 5.66. The molecule has 0 spiro atoms. The number of carbonyl (C=O) groups is 3. The van der Waals surface area contributed by atoms with Crippen molar-refractivity contribution in [1.82, 2.24) is 20.2 Å². The van der Waals surface area contributed by atoms with Gasteiger partial charge in [-0.05, 0) is 37.1 Å². The number of aromatic amines is 1. The zero-order valence-electron chi connectivity index (χ0n) is 18.2. The molecule has 1 aliphatic rings. The molecule has 3 N–H and O–H groups in total. The molecule has 170 valence electrons. The SMILES string of the molecule is O=C[C@H](Cc1c[nH]cn1)NC(=O)c1ccccc1NC(=O)[C@@H]1CCCN1Cc1ccccc1. The van der Waals surface area contributed by atoms with Gasteiger partial charge in [0.25, 0.3) is 5.91 Å². The fourth-order valence-corrected chi connectivity index (χ4v) is 4.14. The number of amides is 2. The Labute approximate surface area is 192 Å². The number of nitrogens with one attached hydrogen (secondary N) is 3. The van der Waals surface area contributed by atoms with Crippen LogP contribution in [0.4, 0.5) is 5.69 Å². The molecule has 2 aromatic carbocycles. The van der Waals surface area contributed by atoms with Crippen LogP contribution in [0.1, 0.15) is 34.5 Å². The van der Waals surface area contributed by atoms with Crippen molar-refractivity contribution in [2.45, 2.75) is 37.9 Å². The van der Waals surface area contributed by atoms with E-state index in [4.69, 9.17) is 0 Å². The number of anilines is 1. The van der Waals surface area contributed by atoms with E-state index in [1.54, 1.807) is 30.5 Å². The van der Waals surface area contributed by atoms with Crippen molar-refractivity contribution in [2.24, 2.45) is 0 Å². The molecular weight excluding hydrogens is 418 g/mol. The van der Waals surface area contributed by atoms with E-state index in [2.05, 4.69) is 37.6 Å². The maximum atomic E-state index is 13.1. The maximum absolute atomic E-state index is 13.1. The zero-order valence-corrected chi connectivity index (χ0v) is 18.2. The Morgan fingerprint density at radius 1 is 1.15 bits per heavy atom. The molecule has 33 heavy (non-hydrogen) atoms. The number of aromatic nitrogens is 2. The summed E-state index contributed by atoms with van der Waals surface area (Å²) in [4.78, 5) is 46.6. The second kappa shape index (κ2) is 10.7. The van der Waals surface area contributed by atoms with Gasteiger partial charge < -0.3 is 20.4 Å². The quantitative estimate of drug-likeness (QED) is 0.439. The summed E-state index contributed by atoms with van der Waals surface area (Å²) >= 11 is 0. The molecule has 1 aliphatic heterocycles. The number of para-hydroxylation sites is 1. The first-order valence-electron chi connectivity index (χ1n) is 11.1. The van der Waals surface area contributed by atoms with Crippen LogP contribution in [0, 0.1) is 0 Å². The number of carbonyl (C=O) groups excluding carboxylic acids is 3. The number of aldehydes is 1. The lowest BCUT2D eigenvalue weighted by Crippen LogP contribution is -2.40. The molecule has 2 amide bonds. The number of hydrogen-bond donors (Lipinski definition) is 3. The summed E-state index contributed by atoms with van der Waals surface area (Å²) in [6, 6.07) is 15.9. The number of H-pyrrole nitrogens is 1. The monoisotopic (exact) mass is 445 g/mol. The topological polar surface area (TPSA) is 107 Å². The van der Waals surface area contributed by atoms with Gasteiger partial charge >= 0.3 is 0 Å². The molecule has 1 fully saturated rings. The van der Waals surface area contributed by atoms with Gasteiger partial charge in [-0.3, -0.25) is 14.5 Å². The summed E-state index contributed by atoms with van der Waals surface area (Å²) in [6.45, 7) is 1.55. The summed E-state index contributed by atoms with van der Waals surface area (Å²) in [7, 11) is 0. The van der Waals surface area contributed by atoms with Crippen molar-refractivity contribution >= 4 is 23.8 Å². The van der Waals surface area contributed by atoms with Crippen molar-refractivity contribution in [2.75, 3.05) is 11.9 Å². The summed E-state index contributed by atoms with van der Waals surface area (Å²) < 4.78 is 0. The molecule has 2 atom stereocenters. The van der Waals surface area contributed by atoms with Crippen LogP contribution in [0.2, 0.25) is 0 Å². The predicted octanol–water partition coefficient (Wildman–Crippen LogP) is 2.55. The van der Waals surface area contributed by atoms with E-state index in [1.807, 2.05) is 18.2 Å². The Hall–Kier alpha value is -3.78. The summed E-state index contributed by atoms with van der Waals surface area (Å²) in [5.74, 6) is -0.557. The molecule has 0 bridgehead atoms. The van der Waals surface area contributed by atoms with E-state index >= 15 is 0 Å². The summed E-state index contributed by atoms with van der Waals surface area (Å²) in [5.41, 5.74) is 2.57. The van der Waals surface area contributed by atoms with Crippen molar-refractivity contribution in [3.8, 4) is 0 Å². The van der Waals surface area contributed by atoms with Gasteiger partial charge in [-0.2, -0.15) is 0 Å². The third kappa shape index (κ3) is 5.72. The first-order chi connectivity index (χ1) is 16.1. The van der Waals surface area contributed by atoms with E-state index < -0.39 is 11.9 Å². The van der Waals surface area contributed by atoms with Crippen LogP contribution in [0.5, 0.6) is 0 Å². The number of rotatable bonds is 9. The number of likely N-dealkylation sites (tertiary alicyclic amines) is 1. The number of hydrogen-bond acceptors (Lipinski definition) is 5. The standard InChI is InChI=1S/C25H27N5O3/c31-16-20(13-19-14-26-17-27-19)28-24(32)21-9-4-5-10-22(21)29-25(33)23-11-6-12-30(23)15-18-7-2-1-3-8-18/h1-5,7-10,14,16-17,20,23H,6,11-13,15H2,(H,26,27)(H,28,32)(H,29,33)/t20-,23-/m0/s1. The fraction of sp³-hybridized carbons (Fsp3) is 0.280. The van der Waals surface area contributed by atoms with Gasteiger partial charge in [0.05, 0.1) is 35.4 Å². The van der Waals surface area contributed by atoms with Crippen LogP contribution in [0.15, 0.2) is 67.1 Å². The second-order valence-electron chi connectivity index (χ2n) is 8.13. The molecule has 0 radical (unpaired) electrons. The van der Waals surface area contributed by atoms with E-state index in [-0.39, 0.29) is 18.4 Å². The molecule has 2 heterocycles. The Balaban J connectivity index is 1.42. The van der Waals surface area contributed by atoms with Crippen molar-refractivity contribution < 1.29 is 14.4 Å². The highest BCUT2D eigenvalue weighted by atomic mass is 16.2. The first-order valence-corrected chi connectivity index (χ1v) is 11.1. The minimum absolute atomic E-state index is 0.132. The Morgan fingerprint density at radius 2 is 1.94 bits per heavy atom. The third-order valence-electron chi connectivity index (χ3n) is 5.79. The minimum Gasteiger partial charge on any atom is -0.351 e.